The second kappa shape index (κ2) is 5.34. The van der Waals surface area contributed by atoms with E-state index in [0.717, 1.165) is 0 Å². The monoisotopic (exact) mass is 229 g/mol. The van der Waals surface area contributed by atoms with E-state index >= 15 is 0 Å². The average molecular weight is 229 g/mol. The molecule has 1 saturated heterocycles. The summed E-state index contributed by atoms with van der Waals surface area (Å²) >= 11 is 0. The predicted octanol–water partition coefficient (Wildman–Crippen LogP) is -1.15. The number of aliphatic carboxylic acids is 1. The Hall–Kier alpha value is -1.79. The second-order valence-corrected chi connectivity index (χ2v) is 3.70. The van der Waals surface area contributed by atoms with Crippen LogP contribution in [0.5, 0.6) is 0 Å². The van der Waals surface area contributed by atoms with Crippen LogP contribution in [0.1, 0.15) is 6.92 Å². The van der Waals surface area contributed by atoms with Crippen LogP contribution in [0.4, 0.5) is 4.79 Å². The Balaban J connectivity index is 2.34. The number of hydrogen-bond donors (Lipinski definition) is 3. The van der Waals surface area contributed by atoms with Gasteiger partial charge in [-0.1, -0.05) is 6.92 Å². The van der Waals surface area contributed by atoms with E-state index in [-0.39, 0.29) is 19.0 Å². The number of rotatable bonds is 3. The fraction of sp³-hybridized carbons (Fsp3) is 0.667. The Morgan fingerprint density at radius 3 is 2.88 bits per heavy atom. The van der Waals surface area contributed by atoms with Crippen LogP contribution in [0.2, 0.25) is 0 Å². The lowest BCUT2D eigenvalue weighted by Crippen LogP contribution is -2.53. The third kappa shape index (κ3) is 3.41. The predicted molar refractivity (Wildman–Crippen MR) is 54.8 cm³/mol. The molecule has 0 aromatic heterocycles. The molecule has 3 N–H and O–H groups in total. The van der Waals surface area contributed by atoms with Gasteiger partial charge in [-0.15, -0.1) is 0 Å². The molecule has 90 valence electrons. The number of carbonyl (C=O) groups excluding carboxylic acids is 2. The molecule has 1 aliphatic heterocycles. The van der Waals surface area contributed by atoms with Gasteiger partial charge in [0.15, 0.2) is 0 Å². The van der Waals surface area contributed by atoms with Gasteiger partial charge < -0.3 is 20.6 Å². The summed E-state index contributed by atoms with van der Waals surface area (Å²) in [6, 6.07) is -0.400. The summed E-state index contributed by atoms with van der Waals surface area (Å²) in [4.78, 5) is 34.4. The van der Waals surface area contributed by atoms with Crippen LogP contribution in [-0.4, -0.2) is 54.1 Å². The summed E-state index contributed by atoms with van der Waals surface area (Å²) in [5.74, 6) is -1.80. The molecule has 3 amide bonds. The fourth-order valence-electron chi connectivity index (χ4n) is 1.25. The molecule has 1 fully saturated rings. The molecule has 0 radical (unpaired) electrons. The summed E-state index contributed by atoms with van der Waals surface area (Å²) in [5, 5.41) is 13.7. The summed E-state index contributed by atoms with van der Waals surface area (Å²) in [6.07, 6.45) is 0. The van der Waals surface area contributed by atoms with E-state index < -0.39 is 17.9 Å². The van der Waals surface area contributed by atoms with Crippen LogP contribution in [0.3, 0.4) is 0 Å². The van der Waals surface area contributed by atoms with Gasteiger partial charge in [-0.05, 0) is 0 Å². The lowest BCUT2D eigenvalue weighted by molar-refractivity contribution is -0.140. The lowest BCUT2D eigenvalue weighted by Gasteiger charge is -2.27. The smallest absolute Gasteiger partial charge is 0.317 e. The third-order valence-electron chi connectivity index (χ3n) is 2.31. The van der Waals surface area contributed by atoms with Crippen LogP contribution in [-0.2, 0) is 9.59 Å². The number of carboxylic acid groups (broad SMARTS) is 1. The summed E-state index contributed by atoms with van der Waals surface area (Å²) in [5.41, 5.74) is 0. The first-order chi connectivity index (χ1) is 7.50. The van der Waals surface area contributed by atoms with E-state index in [4.69, 9.17) is 5.11 Å². The molecule has 0 aromatic rings. The zero-order chi connectivity index (χ0) is 12.1. The maximum absolute atomic E-state index is 11.5. The maximum atomic E-state index is 11.5. The summed E-state index contributed by atoms with van der Waals surface area (Å²) in [6.45, 7) is 2.46. The Bertz CT molecular complexity index is 305. The molecule has 0 aliphatic carbocycles. The molecule has 1 aliphatic rings. The second-order valence-electron chi connectivity index (χ2n) is 3.70. The summed E-state index contributed by atoms with van der Waals surface area (Å²) in [7, 11) is 0. The molecule has 1 rings (SSSR count). The molecule has 1 heterocycles. The minimum atomic E-state index is -0.961. The zero-order valence-corrected chi connectivity index (χ0v) is 9.02. The topological polar surface area (TPSA) is 98.7 Å². The molecule has 7 heteroatoms. The van der Waals surface area contributed by atoms with Crippen molar-refractivity contribution in [3.63, 3.8) is 0 Å². The molecule has 0 spiro atoms. The van der Waals surface area contributed by atoms with Crippen LogP contribution in [0, 0.1) is 5.92 Å². The van der Waals surface area contributed by atoms with Crippen molar-refractivity contribution in [3.05, 3.63) is 0 Å². The molecule has 0 bridgehead atoms. The first-order valence-corrected chi connectivity index (χ1v) is 5.03. The number of carboxylic acids is 1. The van der Waals surface area contributed by atoms with E-state index in [1.54, 1.807) is 0 Å². The standard InChI is InChI=1S/C9H15N3O4/c1-6(8(14)15)4-11-9(16)12-3-2-10-7(13)5-12/h6H,2-5H2,1H3,(H,10,13)(H,11,16)(H,14,15). The molecule has 7 nitrogen and oxygen atoms in total. The molecule has 1 atom stereocenters. The van der Waals surface area contributed by atoms with Gasteiger partial charge in [0, 0.05) is 19.6 Å². The minimum absolute atomic E-state index is 0.0211. The average Bonchev–Trinajstić information content (AvgIpc) is 2.25. The van der Waals surface area contributed by atoms with E-state index in [1.807, 2.05) is 0 Å². The van der Waals surface area contributed by atoms with E-state index in [2.05, 4.69) is 10.6 Å². The molecule has 0 aromatic carbocycles. The van der Waals surface area contributed by atoms with Gasteiger partial charge in [0.2, 0.25) is 5.91 Å². The molecular formula is C9H15N3O4. The zero-order valence-electron chi connectivity index (χ0n) is 9.02. The van der Waals surface area contributed by atoms with Gasteiger partial charge in [0.25, 0.3) is 0 Å². The van der Waals surface area contributed by atoms with Crippen molar-refractivity contribution in [3.8, 4) is 0 Å². The highest BCUT2D eigenvalue weighted by Gasteiger charge is 2.21. The van der Waals surface area contributed by atoms with Crippen LogP contribution >= 0.6 is 0 Å². The van der Waals surface area contributed by atoms with Crippen molar-refractivity contribution >= 4 is 17.9 Å². The first-order valence-electron chi connectivity index (χ1n) is 5.03. The largest absolute Gasteiger partial charge is 0.481 e. The van der Waals surface area contributed by atoms with E-state index in [0.29, 0.717) is 13.1 Å². The highest BCUT2D eigenvalue weighted by Crippen LogP contribution is 1.96. The van der Waals surface area contributed by atoms with E-state index in [1.165, 1.54) is 11.8 Å². The minimum Gasteiger partial charge on any atom is -0.481 e. The van der Waals surface area contributed by atoms with Crippen molar-refractivity contribution in [2.24, 2.45) is 5.92 Å². The Kier molecular flexibility index (Phi) is 4.10. The summed E-state index contributed by atoms with van der Waals surface area (Å²) < 4.78 is 0. The molecule has 16 heavy (non-hydrogen) atoms. The highest BCUT2D eigenvalue weighted by atomic mass is 16.4. The van der Waals surface area contributed by atoms with Crippen molar-refractivity contribution in [2.75, 3.05) is 26.2 Å². The van der Waals surface area contributed by atoms with Gasteiger partial charge in [-0.2, -0.15) is 0 Å². The maximum Gasteiger partial charge on any atom is 0.317 e. The van der Waals surface area contributed by atoms with Gasteiger partial charge >= 0.3 is 12.0 Å². The van der Waals surface area contributed by atoms with Gasteiger partial charge in [0.1, 0.15) is 6.54 Å². The Morgan fingerprint density at radius 2 is 2.31 bits per heavy atom. The highest BCUT2D eigenvalue weighted by molar-refractivity contribution is 5.85. The number of nitrogens with one attached hydrogen (secondary N) is 2. The van der Waals surface area contributed by atoms with Crippen LogP contribution < -0.4 is 10.6 Å². The van der Waals surface area contributed by atoms with Gasteiger partial charge in [-0.3, -0.25) is 9.59 Å². The van der Waals surface area contributed by atoms with Crippen molar-refractivity contribution in [1.29, 1.82) is 0 Å². The fourth-order valence-corrected chi connectivity index (χ4v) is 1.25. The lowest BCUT2D eigenvalue weighted by atomic mass is 10.2. The number of piperazine rings is 1. The van der Waals surface area contributed by atoms with Crippen LogP contribution in [0.15, 0.2) is 0 Å². The van der Waals surface area contributed by atoms with Gasteiger partial charge in [-0.25, -0.2) is 4.79 Å². The van der Waals surface area contributed by atoms with E-state index in [9.17, 15) is 14.4 Å². The number of carbonyl (C=O) groups is 3. The molecule has 0 saturated carbocycles. The number of amides is 3. The van der Waals surface area contributed by atoms with Gasteiger partial charge in [0.05, 0.1) is 5.92 Å². The normalized spacial score (nSPS) is 17.6. The first kappa shape index (κ1) is 12.3. The number of hydrogen-bond acceptors (Lipinski definition) is 3. The molecule has 1 unspecified atom stereocenters. The third-order valence-corrected chi connectivity index (χ3v) is 2.31. The van der Waals surface area contributed by atoms with Crippen molar-refractivity contribution < 1.29 is 19.5 Å². The Morgan fingerprint density at radius 1 is 1.62 bits per heavy atom. The van der Waals surface area contributed by atoms with Crippen LogP contribution in [0.25, 0.3) is 0 Å². The quantitative estimate of drug-likeness (QED) is 0.569. The van der Waals surface area contributed by atoms with Crippen molar-refractivity contribution in [2.45, 2.75) is 6.92 Å². The molecular weight excluding hydrogens is 214 g/mol. The van der Waals surface area contributed by atoms with Crippen molar-refractivity contribution in [1.82, 2.24) is 15.5 Å². The number of urea groups is 1. The number of nitrogens with zero attached hydrogens (tertiary/aromatic N) is 1. The SMILES string of the molecule is CC(CNC(=O)N1CCNC(=O)C1)C(=O)O. The Labute approximate surface area is 92.8 Å².